The van der Waals surface area contributed by atoms with Crippen molar-refractivity contribution >= 4 is 27.8 Å². The minimum atomic E-state index is 1.01. The van der Waals surface area contributed by atoms with Crippen LogP contribution < -0.4 is 4.90 Å². The molecule has 2 nitrogen and oxygen atoms in total. The van der Waals surface area contributed by atoms with Gasteiger partial charge in [-0.05, 0) is 87.3 Å². The minimum absolute atomic E-state index is 1.01. The van der Waals surface area contributed by atoms with Crippen molar-refractivity contribution in [1.29, 1.82) is 0 Å². The molecule has 1 aliphatic heterocycles. The second kappa shape index (κ2) is 9.62. The molecule has 0 saturated heterocycles. The lowest BCUT2D eigenvalue weighted by Crippen LogP contribution is -2.15. The molecule has 0 atom stereocenters. The van der Waals surface area contributed by atoms with Gasteiger partial charge in [0.05, 0.1) is 17.1 Å². The van der Waals surface area contributed by atoms with Crippen LogP contribution in [0.3, 0.4) is 0 Å². The Morgan fingerprint density at radius 3 is 1.80 bits per heavy atom. The van der Waals surface area contributed by atoms with Gasteiger partial charge < -0.3 is 4.90 Å². The second-order valence-electron chi connectivity index (χ2n) is 10.5. The maximum Gasteiger partial charge on any atom is 0.0949 e. The predicted molar refractivity (Wildman–Crippen MR) is 172 cm³/mol. The van der Waals surface area contributed by atoms with Gasteiger partial charge in [-0.3, -0.25) is 4.98 Å². The summed E-state index contributed by atoms with van der Waals surface area (Å²) in [6.45, 7) is 0. The fraction of sp³-hybridized carbons (Fsp3) is 0. The van der Waals surface area contributed by atoms with Crippen LogP contribution in [0.2, 0.25) is 0 Å². The van der Waals surface area contributed by atoms with Crippen molar-refractivity contribution in [1.82, 2.24) is 4.98 Å². The maximum atomic E-state index is 4.94. The van der Waals surface area contributed by atoms with E-state index >= 15 is 0 Å². The Morgan fingerprint density at radius 2 is 1.02 bits per heavy atom. The van der Waals surface area contributed by atoms with Crippen LogP contribution in [0.4, 0.5) is 17.1 Å². The molecule has 2 heteroatoms. The quantitative estimate of drug-likeness (QED) is 0.228. The van der Waals surface area contributed by atoms with Crippen molar-refractivity contribution in [3.8, 4) is 44.6 Å². The number of pyridine rings is 1. The lowest BCUT2D eigenvalue weighted by Gasteiger charge is -2.33. The third-order valence-electron chi connectivity index (χ3n) is 7.99. The van der Waals surface area contributed by atoms with Crippen LogP contribution in [0, 0.1) is 0 Å². The number of anilines is 3. The summed E-state index contributed by atoms with van der Waals surface area (Å²) in [6, 6.07) is 54.2. The molecular weight excluding hydrogens is 496 g/mol. The monoisotopic (exact) mass is 522 g/mol. The molecule has 0 spiro atoms. The highest BCUT2D eigenvalue weighted by Crippen LogP contribution is 2.51. The smallest absolute Gasteiger partial charge is 0.0949 e. The first-order valence-corrected chi connectivity index (χ1v) is 14.0. The van der Waals surface area contributed by atoms with E-state index in [1.807, 2.05) is 12.3 Å². The van der Waals surface area contributed by atoms with Crippen LogP contribution >= 0.6 is 0 Å². The van der Waals surface area contributed by atoms with E-state index in [0.29, 0.717) is 0 Å². The topological polar surface area (TPSA) is 16.1 Å². The van der Waals surface area contributed by atoms with E-state index in [-0.39, 0.29) is 0 Å². The predicted octanol–water partition coefficient (Wildman–Crippen LogP) is 10.7. The molecule has 6 aromatic carbocycles. The zero-order chi connectivity index (χ0) is 27.2. The summed E-state index contributed by atoms with van der Waals surface area (Å²) in [4.78, 5) is 7.30. The highest BCUT2D eigenvalue weighted by atomic mass is 15.2. The number of rotatable bonds is 4. The Bertz CT molecular complexity index is 2040. The molecule has 0 radical (unpaired) electrons. The van der Waals surface area contributed by atoms with Crippen molar-refractivity contribution in [3.05, 3.63) is 158 Å². The number of hydrogen-bond acceptors (Lipinski definition) is 2. The van der Waals surface area contributed by atoms with Crippen molar-refractivity contribution in [2.24, 2.45) is 0 Å². The summed E-state index contributed by atoms with van der Waals surface area (Å²) >= 11 is 0. The first-order valence-electron chi connectivity index (χ1n) is 14.0. The Morgan fingerprint density at radius 1 is 0.415 bits per heavy atom. The van der Waals surface area contributed by atoms with E-state index in [4.69, 9.17) is 4.98 Å². The van der Waals surface area contributed by atoms with Crippen molar-refractivity contribution < 1.29 is 0 Å². The standard InChI is InChI=1S/C39H26N2/c1-3-11-27(12-4-1)29-15-7-16-30(23-29)31-17-8-19-34(25-31)41-36-20-9-18-32-24-33(28-13-5-2-6-14-28)26-35(38(32)36)39-37(41)21-10-22-40-39/h1-26H. The molecule has 0 saturated carbocycles. The lowest BCUT2D eigenvalue weighted by atomic mass is 9.90. The van der Waals surface area contributed by atoms with E-state index in [1.165, 1.54) is 55.4 Å². The number of hydrogen-bond donors (Lipinski definition) is 0. The molecule has 1 aliphatic rings. The molecule has 41 heavy (non-hydrogen) atoms. The zero-order valence-electron chi connectivity index (χ0n) is 22.4. The van der Waals surface area contributed by atoms with Gasteiger partial charge in [0.25, 0.3) is 0 Å². The Kier molecular flexibility index (Phi) is 5.49. The molecule has 7 aromatic rings. The second-order valence-corrected chi connectivity index (χ2v) is 10.5. The average molecular weight is 523 g/mol. The molecule has 1 aromatic heterocycles. The van der Waals surface area contributed by atoms with Crippen molar-refractivity contribution in [2.45, 2.75) is 0 Å². The molecule has 0 aliphatic carbocycles. The summed E-state index contributed by atoms with van der Waals surface area (Å²) in [5, 5.41) is 2.45. The average Bonchev–Trinajstić information content (AvgIpc) is 3.06. The van der Waals surface area contributed by atoms with Crippen LogP contribution in [0.15, 0.2) is 158 Å². The molecule has 8 rings (SSSR count). The van der Waals surface area contributed by atoms with Crippen molar-refractivity contribution in [3.63, 3.8) is 0 Å². The summed E-state index contributed by atoms with van der Waals surface area (Å²) < 4.78 is 0. The van der Waals surface area contributed by atoms with Gasteiger partial charge in [0.1, 0.15) is 0 Å². The van der Waals surface area contributed by atoms with E-state index in [9.17, 15) is 0 Å². The van der Waals surface area contributed by atoms with Gasteiger partial charge in [0, 0.05) is 22.8 Å². The fourth-order valence-corrected chi connectivity index (χ4v) is 6.10. The third kappa shape index (κ3) is 4.00. The Labute approximate surface area is 239 Å². The molecule has 0 N–H and O–H groups in total. The molecule has 0 bridgehead atoms. The minimum Gasteiger partial charge on any atom is -0.308 e. The maximum absolute atomic E-state index is 4.94. The van der Waals surface area contributed by atoms with E-state index in [0.717, 1.165) is 17.1 Å². The first-order chi connectivity index (χ1) is 20.3. The fourth-order valence-electron chi connectivity index (χ4n) is 6.10. The zero-order valence-corrected chi connectivity index (χ0v) is 22.4. The number of benzene rings is 6. The molecule has 0 unspecified atom stereocenters. The van der Waals surface area contributed by atoms with E-state index in [1.54, 1.807) is 0 Å². The van der Waals surface area contributed by atoms with Gasteiger partial charge in [0.2, 0.25) is 0 Å². The van der Waals surface area contributed by atoms with Gasteiger partial charge in [-0.15, -0.1) is 0 Å². The van der Waals surface area contributed by atoms with Crippen molar-refractivity contribution in [2.75, 3.05) is 4.90 Å². The molecule has 192 valence electrons. The molecule has 2 heterocycles. The molecule has 0 fully saturated rings. The van der Waals surface area contributed by atoms with Crippen LogP contribution in [0.5, 0.6) is 0 Å². The summed E-state index contributed by atoms with van der Waals surface area (Å²) in [6.07, 6.45) is 1.90. The van der Waals surface area contributed by atoms with Gasteiger partial charge >= 0.3 is 0 Å². The summed E-state index contributed by atoms with van der Waals surface area (Å²) in [5.74, 6) is 0. The van der Waals surface area contributed by atoms with Gasteiger partial charge in [-0.2, -0.15) is 0 Å². The highest BCUT2D eigenvalue weighted by Gasteiger charge is 2.27. The SMILES string of the molecule is c1ccc(-c2cccc(-c3cccc(N4c5cccnc5-c5cc(-c6ccccc6)cc6cccc4c56)c3)c2)cc1. The van der Waals surface area contributed by atoms with E-state index in [2.05, 4.69) is 150 Å². The highest BCUT2D eigenvalue weighted by molar-refractivity contribution is 6.14. The summed E-state index contributed by atoms with van der Waals surface area (Å²) in [5.41, 5.74) is 12.8. The molecular formula is C39H26N2. The third-order valence-corrected chi connectivity index (χ3v) is 7.99. The molecule has 0 amide bonds. The first kappa shape index (κ1) is 23.4. The van der Waals surface area contributed by atoms with E-state index < -0.39 is 0 Å². The Balaban J connectivity index is 1.30. The van der Waals surface area contributed by atoms with Crippen LogP contribution in [0.25, 0.3) is 55.4 Å². The van der Waals surface area contributed by atoms with Crippen LogP contribution in [-0.2, 0) is 0 Å². The van der Waals surface area contributed by atoms with Crippen LogP contribution in [0.1, 0.15) is 0 Å². The normalized spacial score (nSPS) is 11.9. The van der Waals surface area contributed by atoms with Gasteiger partial charge in [-0.1, -0.05) is 103 Å². The van der Waals surface area contributed by atoms with Crippen LogP contribution in [-0.4, -0.2) is 4.98 Å². The number of aromatic nitrogens is 1. The number of fused-ring (bicyclic) bond motifs is 2. The largest absolute Gasteiger partial charge is 0.308 e. The Hall–Kier alpha value is -5.47. The van der Waals surface area contributed by atoms with Gasteiger partial charge in [0.15, 0.2) is 0 Å². The van der Waals surface area contributed by atoms with Gasteiger partial charge in [-0.25, -0.2) is 0 Å². The number of nitrogens with zero attached hydrogens (tertiary/aromatic N) is 2. The summed E-state index contributed by atoms with van der Waals surface area (Å²) in [7, 11) is 0. The lowest BCUT2D eigenvalue weighted by molar-refractivity contribution is 1.22.